The second-order valence-electron chi connectivity index (χ2n) is 8.23. The van der Waals surface area contributed by atoms with Crippen LogP contribution in [-0.4, -0.2) is 28.8 Å². The van der Waals surface area contributed by atoms with Gasteiger partial charge in [0.05, 0.1) is 6.54 Å². The average Bonchev–Trinajstić information content (AvgIpc) is 3.20. The standard InChI is InChI=1S/C27H26FN3O4/c1-2-23(32)30-22-14-10-20(11-15-22)25-24(26(33)29-16-18-6-4-3-5-7-18)31(27(34)35-25)17-19-8-12-21(28)13-9-19/h3-15,24-25H,2,16-17H2,1H3,(H,29,33)(H,30,32)/t24-,25+/m0/s1. The molecule has 1 aliphatic rings. The number of rotatable bonds is 8. The Morgan fingerprint density at radius 3 is 2.29 bits per heavy atom. The number of hydrogen-bond donors (Lipinski definition) is 2. The number of halogens is 1. The van der Waals surface area contributed by atoms with Gasteiger partial charge in [0.2, 0.25) is 11.8 Å². The third-order valence-corrected chi connectivity index (χ3v) is 5.77. The minimum Gasteiger partial charge on any atom is -0.438 e. The third-order valence-electron chi connectivity index (χ3n) is 5.77. The molecular formula is C27H26FN3O4. The summed E-state index contributed by atoms with van der Waals surface area (Å²) in [5.74, 6) is -0.869. The molecule has 0 bridgehead atoms. The van der Waals surface area contributed by atoms with Gasteiger partial charge in [0.1, 0.15) is 5.82 Å². The smallest absolute Gasteiger partial charge is 0.411 e. The summed E-state index contributed by atoms with van der Waals surface area (Å²) in [6.45, 7) is 2.14. The molecule has 0 aliphatic carbocycles. The van der Waals surface area contributed by atoms with Crippen LogP contribution in [0, 0.1) is 5.82 Å². The molecular weight excluding hydrogens is 449 g/mol. The number of cyclic esters (lactones) is 1. The van der Waals surface area contributed by atoms with E-state index in [0.717, 1.165) is 5.56 Å². The fourth-order valence-electron chi connectivity index (χ4n) is 3.89. The Morgan fingerprint density at radius 2 is 1.63 bits per heavy atom. The molecule has 0 aromatic heterocycles. The summed E-state index contributed by atoms with van der Waals surface area (Å²) < 4.78 is 19.0. The summed E-state index contributed by atoms with van der Waals surface area (Å²) in [5.41, 5.74) is 2.82. The van der Waals surface area contributed by atoms with E-state index in [1.807, 2.05) is 30.3 Å². The molecule has 1 aliphatic heterocycles. The van der Waals surface area contributed by atoms with E-state index in [1.165, 1.54) is 17.0 Å². The van der Waals surface area contributed by atoms with Crippen LogP contribution in [0.4, 0.5) is 14.9 Å². The fourth-order valence-corrected chi connectivity index (χ4v) is 3.89. The molecule has 2 atom stereocenters. The second-order valence-corrected chi connectivity index (χ2v) is 8.23. The first-order chi connectivity index (χ1) is 16.9. The van der Waals surface area contributed by atoms with Crippen molar-refractivity contribution in [3.05, 3.63) is 101 Å². The first-order valence-corrected chi connectivity index (χ1v) is 11.4. The molecule has 35 heavy (non-hydrogen) atoms. The first kappa shape index (κ1) is 23.9. The lowest BCUT2D eigenvalue weighted by atomic mass is 10.00. The molecule has 3 aromatic rings. The van der Waals surface area contributed by atoms with E-state index in [0.29, 0.717) is 29.8 Å². The van der Waals surface area contributed by atoms with Crippen LogP contribution in [0.5, 0.6) is 0 Å². The van der Waals surface area contributed by atoms with Gasteiger partial charge >= 0.3 is 6.09 Å². The Balaban J connectivity index is 1.58. The normalized spacial score (nSPS) is 17.1. The lowest BCUT2D eigenvalue weighted by molar-refractivity contribution is -0.126. The first-order valence-electron chi connectivity index (χ1n) is 11.4. The molecule has 2 N–H and O–H groups in total. The van der Waals surface area contributed by atoms with Crippen LogP contribution in [0.2, 0.25) is 0 Å². The van der Waals surface area contributed by atoms with Gasteiger partial charge in [-0.25, -0.2) is 9.18 Å². The van der Waals surface area contributed by atoms with Crippen molar-refractivity contribution < 1.29 is 23.5 Å². The Labute approximate surface area is 202 Å². The number of carbonyl (C=O) groups is 3. The van der Waals surface area contributed by atoms with Crippen molar-refractivity contribution in [2.75, 3.05) is 5.32 Å². The molecule has 0 unspecified atom stereocenters. The molecule has 0 saturated carbocycles. The lowest BCUT2D eigenvalue weighted by Gasteiger charge is -2.24. The van der Waals surface area contributed by atoms with Crippen LogP contribution < -0.4 is 10.6 Å². The fraction of sp³-hybridized carbons (Fsp3) is 0.222. The number of hydrogen-bond acceptors (Lipinski definition) is 4. The molecule has 3 aromatic carbocycles. The maximum absolute atomic E-state index is 13.4. The highest BCUT2D eigenvalue weighted by molar-refractivity contribution is 5.91. The van der Waals surface area contributed by atoms with E-state index >= 15 is 0 Å². The molecule has 0 radical (unpaired) electrons. The van der Waals surface area contributed by atoms with Crippen LogP contribution in [0.15, 0.2) is 78.9 Å². The molecule has 8 heteroatoms. The van der Waals surface area contributed by atoms with Gasteiger partial charge in [0.25, 0.3) is 0 Å². The predicted molar refractivity (Wildman–Crippen MR) is 129 cm³/mol. The number of benzene rings is 3. The number of anilines is 1. The Hall–Kier alpha value is -4.20. The number of carbonyl (C=O) groups excluding carboxylic acids is 3. The minimum atomic E-state index is -0.938. The minimum absolute atomic E-state index is 0.0870. The summed E-state index contributed by atoms with van der Waals surface area (Å²) in [7, 11) is 0. The van der Waals surface area contributed by atoms with E-state index in [1.54, 1.807) is 43.3 Å². The molecule has 4 rings (SSSR count). The van der Waals surface area contributed by atoms with Crippen molar-refractivity contribution in [3.8, 4) is 0 Å². The van der Waals surface area contributed by atoms with Gasteiger partial charge in [-0.3, -0.25) is 14.5 Å². The van der Waals surface area contributed by atoms with Crippen LogP contribution in [-0.2, 0) is 27.4 Å². The van der Waals surface area contributed by atoms with Crippen molar-refractivity contribution in [2.24, 2.45) is 0 Å². The van der Waals surface area contributed by atoms with Gasteiger partial charge in [-0.15, -0.1) is 0 Å². The molecule has 0 spiro atoms. The van der Waals surface area contributed by atoms with Gasteiger partial charge in [-0.05, 0) is 41.0 Å². The highest BCUT2D eigenvalue weighted by Crippen LogP contribution is 2.34. The highest BCUT2D eigenvalue weighted by Gasteiger charge is 2.46. The van der Waals surface area contributed by atoms with E-state index < -0.39 is 18.2 Å². The highest BCUT2D eigenvalue weighted by atomic mass is 19.1. The van der Waals surface area contributed by atoms with Gasteiger partial charge in [0, 0.05) is 18.7 Å². The van der Waals surface area contributed by atoms with Crippen molar-refractivity contribution >= 4 is 23.6 Å². The number of nitrogens with one attached hydrogen (secondary N) is 2. The zero-order chi connectivity index (χ0) is 24.8. The van der Waals surface area contributed by atoms with Crippen molar-refractivity contribution in [1.82, 2.24) is 10.2 Å². The average molecular weight is 476 g/mol. The number of amides is 3. The third kappa shape index (κ3) is 5.84. The van der Waals surface area contributed by atoms with E-state index in [2.05, 4.69) is 10.6 Å². The molecule has 1 fully saturated rings. The van der Waals surface area contributed by atoms with Crippen LogP contribution in [0.3, 0.4) is 0 Å². The van der Waals surface area contributed by atoms with Crippen LogP contribution >= 0.6 is 0 Å². The Morgan fingerprint density at radius 1 is 0.943 bits per heavy atom. The molecule has 1 saturated heterocycles. The van der Waals surface area contributed by atoms with Crippen LogP contribution in [0.25, 0.3) is 0 Å². The lowest BCUT2D eigenvalue weighted by Crippen LogP contribution is -2.46. The van der Waals surface area contributed by atoms with E-state index in [4.69, 9.17) is 4.74 Å². The SMILES string of the molecule is CCC(=O)Nc1ccc([C@H]2OC(=O)N(Cc3ccc(F)cc3)[C@@H]2C(=O)NCc2ccccc2)cc1. The van der Waals surface area contributed by atoms with E-state index in [9.17, 15) is 18.8 Å². The Kier molecular flexibility index (Phi) is 7.40. The zero-order valence-electron chi connectivity index (χ0n) is 19.2. The van der Waals surface area contributed by atoms with E-state index in [-0.39, 0.29) is 24.2 Å². The summed E-state index contributed by atoms with van der Waals surface area (Å²) in [6, 6.07) is 21.1. The van der Waals surface area contributed by atoms with Gasteiger partial charge < -0.3 is 15.4 Å². The number of nitrogens with zero attached hydrogens (tertiary/aromatic N) is 1. The summed E-state index contributed by atoms with van der Waals surface area (Å²) in [4.78, 5) is 39.2. The van der Waals surface area contributed by atoms with Gasteiger partial charge in [-0.2, -0.15) is 0 Å². The predicted octanol–water partition coefficient (Wildman–Crippen LogP) is 4.55. The maximum Gasteiger partial charge on any atom is 0.411 e. The number of ether oxygens (including phenoxy) is 1. The second kappa shape index (κ2) is 10.8. The monoisotopic (exact) mass is 475 g/mol. The quantitative estimate of drug-likeness (QED) is 0.500. The summed E-state index contributed by atoms with van der Waals surface area (Å²) in [6.07, 6.45) is -1.14. The van der Waals surface area contributed by atoms with Crippen LogP contribution in [0.1, 0.15) is 36.1 Å². The largest absolute Gasteiger partial charge is 0.438 e. The topological polar surface area (TPSA) is 87.7 Å². The molecule has 180 valence electrons. The molecule has 3 amide bonds. The van der Waals surface area contributed by atoms with Crippen molar-refractivity contribution in [1.29, 1.82) is 0 Å². The summed E-state index contributed by atoms with van der Waals surface area (Å²) >= 11 is 0. The van der Waals surface area contributed by atoms with Gasteiger partial charge in [-0.1, -0.05) is 61.5 Å². The molecule has 7 nitrogen and oxygen atoms in total. The maximum atomic E-state index is 13.4. The zero-order valence-corrected chi connectivity index (χ0v) is 19.2. The van der Waals surface area contributed by atoms with Gasteiger partial charge in [0.15, 0.2) is 12.1 Å². The molecule has 1 heterocycles. The van der Waals surface area contributed by atoms with Crippen molar-refractivity contribution in [2.45, 2.75) is 38.6 Å². The Bertz CT molecular complexity index is 1180. The van der Waals surface area contributed by atoms with Crippen molar-refractivity contribution in [3.63, 3.8) is 0 Å². The summed E-state index contributed by atoms with van der Waals surface area (Å²) in [5, 5.41) is 5.67.